The molecule has 20 heavy (non-hydrogen) atoms. The Labute approximate surface area is 120 Å². The average Bonchev–Trinajstić information content (AvgIpc) is 2.87. The Bertz CT molecular complexity index is 616. The van der Waals surface area contributed by atoms with Crippen LogP contribution in [0, 0.1) is 13.8 Å². The summed E-state index contributed by atoms with van der Waals surface area (Å²) in [4.78, 5) is 14.3. The van der Waals surface area contributed by atoms with Gasteiger partial charge in [0.1, 0.15) is 0 Å². The molecular weight excluding hydrogens is 250 g/mol. The second-order valence-corrected chi connectivity index (χ2v) is 5.12. The maximum absolute atomic E-state index is 12.5. The summed E-state index contributed by atoms with van der Waals surface area (Å²) in [5, 5.41) is 4.23. The van der Waals surface area contributed by atoms with Gasteiger partial charge in [0.15, 0.2) is 0 Å². The van der Waals surface area contributed by atoms with Gasteiger partial charge in [0, 0.05) is 25.4 Å². The second-order valence-electron chi connectivity index (χ2n) is 5.12. The number of carbonyl (C=O) groups excluding carboxylic acids is 1. The molecule has 2 aromatic rings. The van der Waals surface area contributed by atoms with Crippen LogP contribution >= 0.6 is 0 Å². The molecule has 2 rings (SSSR count). The summed E-state index contributed by atoms with van der Waals surface area (Å²) < 4.78 is 1.91. The highest BCUT2D eigenvalue weighted by Crippen LogP contribution is 2.14. The zero-order valence-corrected chi connectivity index (χ0v) is 12.6. The van der Waals surface area contributed by atoms with Gasteiger partial charge in [0.25, 0.3) is 5.91 Å². The first-order valence-electron chi connectivity index (χ1n) is 6.86. The van der Waals surface area contributed by atoms with Crippen molar-refractivity contribution in [2.24, 2.45) is 0 Å². The minimum Gasteiger partial charge on any atom is -0.336 e. The van der Waals surface area contributed by atoms with Crippen molar-refractivity contribution in [3.63, 3.8) is 0 Å². The van der Waals surface area contributed by atoms with Crippen LogP contribution < -0.4 is 0 Å². The van der Waals surface area contributed by atoms with Crippen molar-refractivity contribution in [3.8, 4) is 0 Å². The maximum atomic E-state index is 12.5. The number of benzene rings is 1. The van der Waals surface area contributed by atoms with Crippen molar-refractivity contribution < 1.29 is 4.79 Å². The predicted octanol–water partition coefficient (Wildman–Crippen LogP) is 2.79. The minimum atomic E-state index is 0.0510. The van der Waals surface area contributed by atoms with Crippen molar-refractivity contribution in [3.05, 3.63) is 52.8 Å². The highest BCUT2D eigenvalue weighted by Gasteiger charge is 2.15. The zero-order chi connectivity index (χ0) is 14.7. The van der Waals surface area contributed by atoms with E-state index in [4.69, 9.17) is 0 Å². The molecule has 0 aliphatic carbocycles. The molecule has 0 radical (unpaired) electrons. The van der Waals surface area contributed by atoms with Crippen LogP contribution in [0.5, 0.6) is 0 Å². The molecule has 0 unspecified atom stereocenters. The van der Waals surface area contributed by atoms with Crippen LogP contribution in [0.2, 0.25) is 0 Å². The summed E-state index contributed by atoms with van der Waals surface area (Å²) in [5.41, 5.74) is 3.94. The Balaban J connectivity index is 2.18. The van der Waals surface area contributed by atoms with Crippen LogP contribution in [0.3, 0.4) is 0 Å². The molecule has 1 amide bonds. The normalized spacial score (nSPS) is 10.6. The number of hydrogen-bond acceptors (Lipinski definition) is 2. The molecular formula is C16H21N3O. The molecule has 0 saturated carbocycles. The topological polar surface area (TPSA) is 38.1 Å². The molecule has 0 saturated heterocycles. The van der Waals surface area contributed by atoms with Gasteiger partial charge < -0.3 is 4.90 Å². The maximum Gasteiger partial charge on any atom is 0.254 e. The summed E-state index contributed by atoms with van der Waals surface area (Å²) in [6.45, 7) is 7.40. The SMILES string of the molecule is CCn1nccc1CN(C)C(=O)c1cc(C)ccc1C. The van der Waals surface area contributed by atoms with Gasteiger partial charge in [-0.2, -0.15) is 5.10 Å². The summed E-state index contributed by atoms with van der Waals surface area (Å²) in [7, 11) is 1.83. The molecule has 0 bridgehead atoms. The molecule has 106 valence electrons. The molecule has 0 aliphatic rings. The third kappa shape index (κ3) is 2.90. The van der Waals surface area contributed by atoms with Crippen molar-refractivity contribution in [2.75, 3.05) is 7.05 Å². The van der Waals surface area contributed by atoms with E-state index in [1.54, 1.807) is 11.1 Å². The lowest BCUT2D eigenvalue weighted by molar-refractivity contribution is 0.0780. The van der Waals surface area contributed by atoms with Gasteiger partial charge in [-0.1, -0.05) is 17.7 Å². The molecule has 0 fully saturated rings. The quantitative estimate of drug-likeness (QED) is 0.857. The highest BCUT2D eigenvalue weighted by atomic mass is 16.2. The second kappa shape index (κ2) is 5.90. The first kappa shape index (κ1) is 14.3. The zero-order valence-electron chi connectivity index (χ0n) is 12.6. The Hall–Kier alpha value is -2.10. The van der Waals surface area contributed by atoms with E-state index in [0.29, 0.717) is 6.54 Å². The number of rotatable bonds is 4. The number of nitrogens with zero attached hydrogens (tertiary/aromatic N) is 3. The highest BCUT2D eigenvalue weighted by molar-refractivity contribution is 5.95. The monoisotopic (exact) mass is 271 g/mol. The smallest absolute Gasteiger partial charge is 0.254 e. The van der Waals surface area contributed by atoms with Crippen molar-refractivity contribution in [1.29, 1.82) is 0 Å². The van der Waals surface area contributed by atoms with E-state index < -0.39 is 0 Å². The third-order valence-electron chi connectivity index (χ3n) is 3.47. The van der Waals surface area contributed by atoms with E-state index >= 15 is 0 Å². The Morgan fingerprint density at radius 3 is 2.75 bits per heavy atom. The van der Waals surface area contributed by atoms with E-state index in [1.807, 2.05) is 56.8 Å². The number of amides is 1. The van der Waals surface area contributed by atoms with Crippen LogP contribution in [-0.2, 0) is 13.1 Å². The summed E-state index contributed by atoms with van der Waals surface area (Å²) in [6, 6.07) is 7.92. The molecule has 1 aromatic heterocycles. The molecule has 1 aromatic carbocycles. The fourth-order valence-electron chi connectivity index (χ4n) is 2.27. The number of aryl methyl sites for hydroxylation is 3. The van der Waals surface area contributed by atoms with E-state index in [2.05, 4.69) is 5.10 Å². The van der Waals surface area contributed by atoms with Crippen molar-refractivity contribution >= 4 is 5.91 Å². The van der Waals surface area contributed by atoms with Crippen LogP contribution in [0.15, 0.2) is 30.5 Å². The predicted molar refractivity (Wildman–Crippen MR) is 79.6 cm³/mol. The van der Waals surface area contributed by atoms with Gasteiger partial charge in [-0.05, 0) is 38.5 Å². The average molecular weight is 271 g/mol. The summed E-state index contributed by atoms with van der Waals surface area (Å²) >= 11 is 0. The summed E-state index contributed by atoms with van der Waals surface area (Å²) in [5.74, 6) is 0.0510. The first-order chi connectivity index (χ1) is 9.52. The third-order valence-corrected chi connectivity index (χ3v) is 3.47. The lowest BCUT2D eigenvalue weighted by atomic mass is 10.0. The molecule has 4 nitrogen and oxygen atoms in total. The van der Waals surface area contributed by atoms with E-state index in [0.717, 1.165) is 28.9 Å². The molecule has 4 heteroatoms. The Morgan fingerprint density at radius 1 is 1.30 bits per heavy atom. The lowest BCUT2D eigenvalue weighted by Gasteiger charge is -2.19. The fraction of sp³-hybridized carbons (Fsp3) is 0.375. The largest absolute Gasteiger partial charge is 0.336 e. The molecule has 0 atom stereocenters. The van der Waals surface area contributed by atoms with Gasteiger partial charge in [-0.15, -0.1) is 0 Å². The standard InChI is InChI=1S/C16H21N3O/c1-5-19-14(8-9-17-19)11-18(4)16(20)15-10-12(2)6-7-13(15)3/h6-10H,5,11H2,1-4H3. The van der Waals surface area contributed by atoms with Crippen LogP contribution in [-0.4, -0.2) is 27.6 Å². The van der Waals surface area contributed by atoms with Gasteiger partial charge in [-0.25, -0.2) is 0 Å². The Kier molecular flexibility index (Phi) is 4.23. The van der Waals surface area contributed by atoms with Gasteiger partial charge >= 0.3 is 0 Å². The van der Waals surface area contributed by atoms with Gasteiger partial charge in [0.2, 0.25) is 0 Å². The minimum absolute atomic E-state index is 0.0510. The molecule has 0 spiro atoms. The first-order valence-corrected chi connectivity index (χ1v) is 6.86. The number of aromatic nitrogens is 2. The van der Waals surface area contributed by atoms with E-state index in [9.17, 15) is 4.79 Å². The van der Waals surface area contributed by atoms with Crippen LogP contribution in [0.4, 0.5) is 0 Å². The number of carbonyl (C=O) groups is 1. The van der Waals surface area contributed by atoms with Crippen molar-refractivity contribution in [1.82, 2.24) is 14.7 Å². The fourth-order valence-corrected chi connectivity index (χ4v) is 2.27. The van der Waals surface area contributed by atoms with E-state index in [1.165, 1.54) is 0 Å². The lowest BCUT2D eigenvalue weighted by Crippen LogP contribution is -2.28. The molecule has 0 N–H and O–H groups in total. The van der Waals surface area contributed by atoms with Crippen LogP contribution in [0.25, 0.3) is 0 Å². The van der Waals surface area contributed by atoms with Gasteiger partial charge in [-0.3, -0.25) is 9.48 Å². The summed E-state index contributed by atoms with van der Waals surface area (Å²) in [6.07, 6.45) is 1.77. The van der Waals surface area contributed by atoms with E-state index in [-0.39, 0.29) is 5.91 Å². The van der Waals surface area contributed by atoms with Gasteiger partial charge in [0.05, 0.1) is 12.2 Å². The van der Waals surface area contributed by atoms with Crippen LogP contribution in [0.1, 0.15) is 34.1 Å². The molecule has 0 aliphatic heterocycles. The number of hydrogen-bond donors (Lipinski definition) is 0. The Morgan fingerprint density at radius 2 is 2.05 bits per heavy atom. The van der Waals surface area contributed by atoms with Crippen molar-refractivity contribution in [2.45, 2.75) is 33.9 Å². The molecule has 1 heterocycles.